The van der Waals surface area contributed by atoms with Crippen LogP contribution in [0.3, 0.4) is 0 Å². The molecule has 0 fully saturated rings. The summed E-state index contributed by atoms with van der Waals surface area (Å²) in [6, 6.07) is 7.76. The molecule has 0 aliphatic carbocycles. The minimum absolute atomic E-state index is 0.613. The fourth-order valence-corrected chi connectivity index (χ4v) is 1.83. The molecule has 13 heavy (non-hydrogen) atoms. The van der Waals surface area contributed by atoms with E-state index in [0.29, 0.717) is 5.75 Å². The van der Waals surface area contributed by atoms with Crippen LogP contribution in [0, 0.1) is 3.57 Å². The molecule has 0 spiro atoms. The molecule has 66 valence electrons. The molecule has 1 aromatic heterocycles. The summed E-state index contributed by atoms with van der Waals surface area (Å²) in [5.41, 5.74) is 0.797. The van der Waals surface area contributed by atoms with Gasteiger partial charge in [-0.1, -0.05) is 6.07 Å². The lowest BCUT2D eigenvalue weighted by Crippen LogP contribution is -2.03. The zero-order valence-corrected chi connectivity index (χ0v) is 8.86. The van der Waals surface area contributed by atoms with Crippen LogP contribution >= 0.6 is 22.6 Å². The minimum Gasteiger partial charge on any atom is -0.409 e. The van der Waals surface area contributed by atoms with Crippen LogP contribution in [-0.2, 0) is 0 Å². The molecule has 0 aliphatic heterocycles. The number of halogens is 1. The molecule has 0 bridgehead atoms. The Morgan fingerprint density at radius 3 is 3.00 bits per heavy atom. The summed E-state index contributed by atoms with van der Waals surface area (Å²) >= 11 is 2.21. The van der Waals surface area contributed by atoms with Crippen molar-refractivity contribution in [1.82, 2.24) is 4.98 Å². The van der Waals surface area contributed by atoms with Crippen molar-refractivity contribution in [3.63, 3.8) is 0 Å². The zero-order valence-electron chi connectivity index (χ0n) is 6.70. The van der Waals surface area contributed by atoms with E-state index in [1.54, 1.807) is 6.20 Å². The zero-order chi connectivity index (χ0) is 9.26. The smallest absolute Gasteiger partial charge is 0.174 e. The minimum atomic E-state index is 0.613. The van der Waals surface area contributed by atoms with Gasteiger partial charge in [-0.3, -0.25) is 4.98 Å². The average molecular weight is 286 g/mol. The molecule has 1 heterocycles. The van der Waals surface area contributed by atoms with Gasteiger partial charge in [-0.15, -0.1) is 0 Å². The van der Waals surface area contributed by atoms with Gasteiger partial charge in [-0.2, -0.15) is 5.90 Å². The van der Waals surface area contributed by atoms with E-state index in [1.807, 2.05) is 24.3 Å². The second-order valence-corrected chi connectivity index (χ2v) is 3.84. The summed E-state index contributed by atoms with van der Waals surface area (Å²) in [6.45, 7) is 0. The number of benzene rings is 1. The predicted molar refractivity (Wildman–Crippen MR) is 59.3 cm³/mol. The fraction of sp³-hybridized carbons (Fsp3) is 0. The number of fused-ring (bicyclic) bond motifs is 1. The Hall–Kier alpha value is -0.880. The van der Waals surface area contributed by atoms with Crippen LogP contribution < -0.4 is 10.7 Å². The number of hydrogen-bond donors (Lipinski definition) is 1. The Morgan fingerprint density at radius 2 is 2.23 bits per heavy atom. The lowest BCUT2D eigenvalue weighted by atomic mass is 10.2. The first kappa shape index (κ1) is 8.71. The van der Waals surface area contributed by atoms with E-state index >= 15 is 0 Å². The van der Waals surface area contributed by atoms with E-state index in [9.17, 15) is 0 Å². The molecule has 0 saturated carbocycles. The van der Waals surface area contributed by atoms with E-state index in [-0.39, 0.29) is 0 Å². The third kappa shape index (κ3) is 1.59. The van der Waals surface area contributed by atoms with Crippen molar-refractivity contribution < 1.29 is 4.84 Å². The summed E-state index contributed by atoms with van der Waals surface area (Å²) in [6.07, 6.45) is 1.72. The van der Waals surface area contributed by atoms with Gasteiger partial charge >= 0.3 is 0 Å². The van der Waals surface area contributed by atoms with Crippen molar-refractivity contribution in [1.29, 1.82) is 0 Å². The first-order valence-electron chi connectivity index (χ1n) is 3.72. The van der Waals surface area contributed by atoms with Gasteiger partial charge in [0.2, 0.25) is 0 Å². The van der Waals surface area contributed by atoms with Crippen LogP contribution in [-0.4, -0.2) is 4.98 Å². The maximum Gasteiger partial charge on any atom is 0.174 e. The van der Waals surface area contributed by atoms with Crippen molar-refractivity contribution in [3.05, 3.63) is 34.0 Å². The van der Waals surface area contributed by atoms with Gasteiger partial charge in [0.15, 0.2) is 5.75 Å². The molecular weight excluding hydrogens is 279 g/mol. The molecule has 2 rings (SSSR count). The van der Waals surface area contributed by atoms with E-state index in [0.717, 1.165) is 14.5 Å². The number of nitrogens with two attached hydrogens (primary N) is 1. The molecule has 3 nitrogen and oxygen atoms in total. The number of pyridine rings is 1. The summed E-state index contributed by atoms with van der Waals surface area (Å²) in [4.78, 5) is 8.93. The fourth-order valence-electron chi connectivity index (χ4n) is 1.21. The summed E-state index contributed by atoms with van der Waals surface area (Å²) in [7, 11) is 0. The Labute approximate surface area is 89.0 Å². The standard InChI is InChI=1S/C9H7IN2O/c10-7-4-6-2-1-3-12-9(6)8(5-7)13-11/h1-5H,11H2. The molecule has 1 aromatic carbocycles. The number of rotatable bonds is 1. The largest absolute Gasteiger partial charge is 0.409 e. The monoisotopic (exact) mass is 286 g/mol. The van der Waals surface area contributed by atoms with Gasteiger partial charge in [0.05, 0.1) is 0 Å². The molecule has 4 heteroatoms. The maximum atomic E-state index is 5.14. The number of aromatic nitrogens is 1. The van der Waals surface area contributed by atoms with E-state index in [2.05, 4.69) is 27.6 Å². The van der Waals surface area contributed by atoms with Crippen molar-refractivity contribution in [2.75, 3.05) is 0 Å². The first-order chi connectivity index (χ1) is 6.31. The van der Waals surface area contributed by atoms with Gasteiger partial charge in [-0.25, -0.2) is 0 Å². The molecule has 0 saturated heterocycles. The van der Waals surface area contributed by atoms with Crippen molar-refractivity contribution >= 4 is 33.5 Å². The molecule has 0 radical (unpaired) electrons. The molecular formula is C9H7IN2O. The predicted octanol–water partition coefficient (Wildman–Crippen LogP) is 2.09. The van der Waals surface area contributed by atoms with E-state index in [4.69, 9.17) is 10.7 Å². The van der Waals surface area contributed by atoms with Crippen LogP contribution in [0.2, 0.25) is 0 Å². The van der Waals surface area contributed by atoms with Gasteiger partial charge < -0.3 is 4.84 Å². The second kappa shape index (κ2) is 3.47. The van der Waals surface area contributed by atoms with Crippen molar-refractivity contribution in [2.24, 2.45) is 5.90 Å². The Morgan fingerprint density at radius 1 is 1.38 bits per heavy atom. The first-order valence-corrected chi connectivity index (χ1v) is 4.80. The van der Waals surface area contributed by atoms with Crippen molar-refractivity contribution in [3.8, 4) is 5.75 Å². The van der Waals surface area contributed by atoms with Crippen molar-refractivity contribution in [2.45, 2.75) is 0 Å². The highest BCUT2D eigenvalue weighted by Gasteiger charge is 2.03. The van der Waals surface area contributed by atoms with Crippen LogP contribution in [0.15, 0.2) is 30.5 Å². The quantitative estimate of drug-likeness (QED) is 0.645. The summed E-state index contributed by atoms with van der Waals surface area (Å²) in [5, 5.41) is 1.04. The molecule has 0 amide bonds. The Balaban J connectivity index is 2.81. The summed E-state index contributed by atoms with van der Waals surface area (Å²) < 4.78 is 1.08. The average Bonchev–Trinajstić information content (AvgIpc) is 2.16. The Bertz CT molecular complexity index is 445. The Kier molecular flexibility index (Phi) is 2.32. The van der Waals surface area contributed by atoms with Crippen LogP contribution in [0.1, 0.15) is 0 Å². The van der Waals surface area contributed by atoms with Crippen LogP contribution in [0.5, 0.6) is 5.75 Å². The highest BCUT2D eigenvalue weighted by atomic mass is 127. The molecule has 2 N–H and O–H groups in total. The van der Waals surface area contributed by atoms with Gasteiger partial charge in [0.25, 0.3) is 0 Å². The number of nitrogens with zero attached hydrogens (tertiary/aromatic N) is 1. The summed E-state index contributed by atoms with van der Waals surface area (Å²) in [5.74, 6) is 5.75. The van der Waals surface area contributed by atoms with Gasteiger partial charge in [-0.05, 0) is 40.8 Å². The third-order valence-electron chi connectivity index (χ3n) is 1.76. The maximum absolute atomic E-state index is 5.14. The van der Waals surface area contributed by atoms with Crippen LogP contribution in [0.4, 0.5) is 0 Å². The SMILES string of the molecule is NOc1cc(I)cc2cccnc12. The normalized spacial score (nSPS) is 10.3. The van der Waals surface area contributed by atoms with Gasteiger partial charge in [0.1, 0.15) is 5.52 Å². The highest BCUT2D eigenvalue weighted by Crippen LogP contribution is 2.25. The highest BCUT2D eigenvalue weighted by molar-refractivity contribution is 14.1. The molecule has 0 unspecified atom stereocenters. The van der Waals surface area contributed by atoms with Gasteiger partial charge in [0, 0.05) is 15.2 Å². The molecule has 2 aromatic rings. The lowest BCUT2D eigenvalue weighted by molar-refractivity contribution is 0.338. The van der Waals surface area contributed by atoms with Crippen LogP contribution in [0.25, 0.3) is 10.9 Å². The lowest BCUT2D eigenvalue weighted by Gasteiger charge is -2.03. The molecule has 0 aliphatic rings. The second-order valence-electron chi connectivity index (χ2n) is 2.60. The number of hydrogen-bond acceptors (Lipinski definition) is 3. The molecule has 0 atom stereocenters. The van der Waals surface area contributed by atoms with E-state index < -0.39 is 0 Å². The topological polar surface area (TPSA) is 48.1 Å². The van der Waals surface area contributed by atoms with E-state index in [1.165, 1.54) is 0 Å². The third-order valence-corrected chi connectivity index (χ3v) is 2.38.